The van der Waals surface area contributed by atoms with Crippen LogP contribution in [0.1, 0.15) is 22.7 Å². The van der Waals surface area contributed by atoms with Crippen LogP contribution in [-0.2, 0) is 4.74 Å². The van der Waals surface area contributed by atoms with Gasteiger partial charge in [0.05, 0.1) is 12.2 Å². The van der Waals surface area contributed by atoms with Crippen molar-refractivity contribution in [3.05, 3.63) is 47.6 Å². The molecule has 24 heavy (non-hydrogen) atoms. The minimum atomic E-state index is -0.598. The van der Waals surface area contributed by atoms with Crippen LogP contribution in [0.15, 0.2) is 34.9 Å². The van der Waals surface area contributed by atoms with Crippen LogP contribution in [0.2, 0.25) is 0 Å². The highest BCUT2D eigenvalue weighted by atomic mass is 19.1. The first-order valence-electron chi connectivity index (χ1n) is 7.67. The van der Waals surface area contributed by atoms with Crippen molar-refractivity contribution in [2.75, 3.05) is 26.8 Å². The van der Waals surface area contributed by atoms with Crippen LogP contribution in [0.25, 0.3) is 0 Å². The van der Waals surface area contributed by atoms with E-state index in [0.717, 1.165) is 0 Å². The van der Waals surface area contributed by atoms with E-state index in [0.29, 0.717) is 31.0 Å². The van der Waals surface area contributed by atoms with Gasteiger partial charge in [0.15, 0.2) is 0 Å². The van der Waals surface area contributed by atoms with Crippen molar-refractivity contribution in [1.29, 1.82) is 0 Å². The first-order chi connectivity index (χ1) is 11.5. The average molecular weight is 334 g/mol. The van der Waals surface area contributed by atoms with E-state index in [1.165, 1.54) is 12.1 Å². The fourth-order valence-corrected chi connectivity index (χ4v) is 2.73. The Morgan fingerprint density at radius 2 is 2.17 bits per heavy atom. The minimum Gasteiger partial charge on any atom is -0.491 e. The Hall–Kier alpha value is -2.41. The number of ether oxygens (including phenoxy) is 2. The molecule has 1 amide bonds. The highest BCUT2D eigenvalue weighted by Gasteiger charge is 2.42. The van der Waals surface area contributed by atoms with Crippen LogP contribution in [0, 0.1) is 12.7 Å². The van der Waals surface area contributed by atoms with Gasteiger partial charge in [0, 0.05) is 19.7 Å². The molecular formula is C17H19FN2O4. The van der Waals surface area contributed by atoms with Gasteiger partial charge in [-0.15, -0.1) is 0 Å². The second kappa shape index (κ2) is 6.60. The van der Waals surface area contributed by atoms with Crippen LogP contribution in [0.4, 0.5) is 4.39 Å². The smallest absolute Gasteiger partial charge is 0.292 e. The normalized spacial score (nSPS) is 20.4. The van der Waals surface area contributed by atoms with Crippen molar-refractivity contribution >= 4 is 5.91 Å². The summed E-state index contributed by atoms with van der Waals surface area (Å²) in [5.41, 5.74) is 0.0641. The first-order valence-corrected chi connectivity index (χ1v) is 7.67. The predicted molar refractivity (Wildman–Crippen MR) is 83.4 cm³/mol. The molecule has 6 nitrogen and oxygen atoms in total. The SMILES string of the molecule is CO[C@]1(COc2ccc(F)cc2)CCN(C(=O)c2cc(C)no2)C1. The summed E-state index contributed by atoms with van der Waals surface area (Å²) in [5, 5.41) is 3.74. The van der Waals surface area contributed by atoms with Gasteiger partial charge in [0.25, 0.3) is 5.91 Å². The van der Waals surface area contributed by atoms with Crippen LogP contribution < -0.4 is 4.74 Å². The van der Waals surface area contributed by atoms with Gasteiger partial charge in [-0.3, -0.25) is 4.79 Å². The van der Waals surface area contributed by atoms with Gasteiger partial charge in [-0.25, -0.2) is 4.39 Å². The Balaban J connectivity index is 1.64. The Morgan fingerprint density at radius 3 is 2.79 bits per heavy atom. The van der Waals surface area contributed by atoms with E-state index >= 15 is 0 Å². The van der Waals surface area contributed by atoms with Crippen molar-refractivity contribution in [3.63, 3.8) is 0 Å². The third kappa shape index (κ3) is 3.41. The zero-order valence-electron chi connectivity index (χ0n) is 13.6. The van der Waals surface area contributed by atoms with E-state index in [9.17, 15) is 9.18 Å². The van der Waals surface area contributed by atoms with E-state index in [1.807, 2.05) is 0 Å². The molecular weight excluding hydrogens is 315 g/mol. The van der Waals surface area contributed by atoms with Gasteiger partial charge in [0.2, 0.25) is 5.76 Å². The summed E-state index contributed by atoms with van der Waals surface area (Å²) in [4.78, 5) is 14.1. The van der Waals surface area contributed by atoms with Gasteiger partial charge in [-0.05, 0) is 37.6 Å². The second-order valence-electron chi connectivity index (χ2n) is 5.94. The van der Waals surface area contributed by atoms with Gasteiger partial charge in [-0.2, -0.15) is 0 Å². The molecule has 1 aliphatic heterocycles. The summed E-state index contributed by atoms with van der Waals surface area (Å²) in [5.74, 6) is 0.252. The molecule has 2 aromatic rings. The van der Waals surface area contributed by atoms with Crippen LogP contribution in [-0.4, -0.2) is 48.4 Å². The number of hydrogen-bond acceptors (Lipinski definition) is 5. The van der Waals surface area contributed by atoms with E-state index in [4.69, 9.17) is 14.0 Å². The fraction of sp³-hybridized carbons (Fsp3) is 0.412. The molecule has 0 N–H and O–H groups in total. The molecule has 128 valence electrons. The van der Waals surface area contributed by atoms with Crippen LogP contribution >= 0.6 is 0 Å². The Kier molecular flexibility index (Phi) is 4.53. The summed E-state index contributed by atoms with van der Waals surface area (Å²) >= 11 is 0. The molecule has 0 aliphatic carbocycles. The Morgan fingerprint density at radius 1 is 1.42 bits per heavy atom. The molecule has 1 fully saturated rings. The zero-order chi connectivity index (χ0) is 17.2. The molecule has 3 rings (SSSR count). The maximum Gasteiger partial charge on any atom is 0.292 e. The standard InChI is InChI=1S/C17H19FN2O4/c1-12-9-15(24-19-12)16(21)20-8-7-17(10-20,22-2)11-23-14-5-3-13(18)4-6-14/h3-6,9H,7-8,10-11H2,1-2H3/t17-/m1/s1. The lowest BCUT2D eigenvalue weighted by Gasteiger charge is -2.27. The average Bonchev–Trinajstić information content (AvgIpc) is 3.21. The number of carbonyl (C=O) groups is 1. The zero-order valence-corrected chi connectivity index (χ0v) is 13.6. The van der Waals surface area contributed by atoms with Gasteiger partial charge in [0.1, 0.15) is 23.8 Å². The molecule has 0 bridgehead atoms. The Labute approximate surface area is 139 Å². The van der Waals surface area contributed by atoms with Gasteiger partial charge >= 0.3 is 0 Å². The van der Waals surface area contributed by atoms with Crippen LogP contribution in [0.5, 0.6) is 5.75 Å². The maximum absolute atomic E-state index is 12.9. The largest absolute Gasteiger partial charge is 0.491 e. The molecule has 0 unspecified atom stereocenters. The number of amides is 1. The van der Waals surface area contributed by atoms with Crippen molar-refractivity contribution in [3.8, 4) is 5.75 Å². The number of carbonyl (C=O) groups excluding carboxylic acids is 1. The number of benzene rings is 1. The lowest BCUT2D eigenvalue weighted by atomic mass is 10.0. The summed E-state index contributed by atoms with van der Waals surface area (Å²) in [6.45, 7) is 2.97. The first kappa shape index (κ1) is 16.4. The lowest BCUT2D eigenvalue weighted by molar-refractivity contribution is -0.0344. The van der Waals surface area contributed by atoms with Crippen molar-refractivity contribution in [2.24, 2.45) is 0 Å². The third-order valence-electron chi connectivity index (χ3n) is 4.19. The molecule has 7 heteroatoms. The molecule has 2 heterocycles. The fourth-order valence-electron chi connectivity index (χ4n) is 2.73. The third-order valence-corrected chi connectivity index (χ3v) is 4.19. The number of aryl methyl sites for hydroxylation is 1. The number of rotatable bonds is 5. The van der Waals surface area contributed by atoms with Crippen molar-refractivity contribution < 1.29 is 23.2 Å². The molecule has 1 aliphatic rings. The van der Waals surface area contributed by atoms with E-state index < -0.39 is 5.60 Å². The van der Waals surface area contributed by atoms with Crippen LogP contribution in [0.3, 0.4) is 0 Å². The predicted octanol–water partition coefficient (Wildman–Crippen LogP) is 2.43. The number of aromatic nitrogens is 1. The molecule has 0 radical (unpaired) electrons. The Bertz CT molecular complexity index is 716. The lowest BCUT2D eigenvalue weighted by Crippen LogP contribution is -2.42. The summed E-state index contributed by atoms with van der Waals surface area (Å²) in [7, 11) is 1.60. The molecule has 1 atom stereocenters. The quantitative estimate of drug-likeness (QED) is 0.840. The minimum absolute atomic E-state index is 0.212. The number of hydrogen-bond donors (Lipinski definition) is 0. The van der Waals surface area contributed by atoms with E-state index in [1.54, 1.807) is 37.1 Å². The van der Waals surface area contributed by atoms with E-state index in [-0.39, 0.29) is 24.1 Å². The number of likely N-dealkylation sites (tertiary alicyclic amines) is 1. The summed E-state index contributed by atoms with van der Waals surface area (Å²) in [6.07, 6.45) is 0.642. The maximum atomic E-state index is 12.9. The van der Waals surface area contributed by atoms with Gasteiger partial charge < -0.3 is 18.9 Å². The molecule has 0 spiro atoms. The number of methoxy groups -OCH3 is 1. The molecule has 0 saturated carbocycles. The molecule has 1 aromatic carbocycles. The summed E-state index contributed by atoms with van der Waals surface area (Å²) < 4.78 is 29.3. The highest BCUT2D eigenvalue weighted by Crippen LogP contribution is 2.27. The molecule has 1 aromatic heterocycles. The topological polar surface area (TPSA) is 64.8 Å². The van der Waals surface area contributed by atoms with Gasteiger partial charge in [-0.1, -0.05) is 5.16 Å². The number of halogens is 1. The highest BCUT2D eigenvalue weighted by molar-refractivity contribution is 5.91. The number of nitrogens with zero attached hydrogens (tertiary/aromatic N) is 2. The molecule has 1 saturated heterocycles. The van der Waals surface area contributed by atoms with Crippen molar-refractivity contribution in [2.45, 2.75) is 18.9 Å². The van der Waals surface area contributed by atoms with E-state index in [2.05, 4.69) is 5.16 Å². The summed E-state index contributed by atoms with van der Waals surface area (Å²) in [6, 6.07) is 7.42. The van der Waals surface area contributed by atoms with Crippen molar-refractivity contribution in [1.82, 2.24) is 10.1 Å². The monoisotopic (exact) mass is 334 g/mol. The second-order valence-corrected chi connectivity index (χ2v) is 5.94.